The molecule has 0 aromatic heterocycles. The van der Waals surface area contributed by atoms with Crippen LogP contribution in [0.5, 0.6) is 0 Å². The van der Waals surface area contributed by atoms with Crippen LogP contribution in [0.25, 0.3) is 0 Å². The quantitative estimate of drug-likeness (QED) is 0.262. The Kier molecular flexibility index (Phi) is 18.5. The van der Waals surface area contributed by atoms with E-state index in [0.717, 1.165) is 0 Å². The fourth-order valence-electron chi connectivity index (χ4n) is 0. The first-order chi connectivity index (χ1) is 4.00. The molecule has 0 heterocycles. The van der Waals surface area contributed by atoms with Crippen molar-refractivity contribution in [2.45, 2.75) is 0 Å². The molecule has 0 saturated heterocycles. The summed E-state index contributed by atoms with van der Waals surface area (Å²) in [6.45, 7) is 0. The summed E-state index contributed by atoms with van der Waals surface area (Å²) in [5.41, 5.74) is 0. The van der Waals surface area contributed by atoms with Crippen LogP contribution in [0.2, 0.25) is 0 Å². The second kappa shape index (κ2) is 9.41. The van der Waals surface area contributed by atoms with Crippen LogP contribution in [0.3, 0.4) is 0 Å². The van der Waals surface area contributed by atoms with Crippen LogP contribution in [-0.4, -0.2) is 27.3 Å². The molecule has 8 nitrogen and oxygen atoms in total. The zero-order valence-corrected chi connectivity index (χ0v) is 12.4. The summed E-state index contributed by atoms with van der Waals surface area (Å²) < 4.78 is 17.1. The molecule has 0 unspecified atom stereocenters. The zero-order valence-electron chi connectivity index (χ0n) is 5.16. The molecular weight excluding hydrogens is 445 g/mol. The smallest absolute Gasteiger partial charge is 0.822 e. The van der Waals surface area contributed by atoms with Crippen molar-refractivity contribution < 1.29 is 60.2 Å². The normalized spacial score (nSPS) is 9.83. The van der Waals surface area contributed by atoms with Gasteiger partial charge in [0.05, 0.1) is 0 Å². The molecule has 0 fully saturated rings. The molecule has 0 aliphatic carbocycles. The van der Waals surface area contributed by atoms with E-state index in [0.29, 0.717) is 0 Å². The first-order valence-electron chi connectivity index (χ1n) is 1.46. The fraction of sp³-hybridized carbons (Fsp3) is 0. The first-order valence-corrected chi connectivity index (χ1v) is 4.38. The van der Waals surface area contributed by atoms with Gasteiger partial charge in [0.15, 0.2) is 0 Å². The van der Waals surface area contributed by atoms with Gasteiger partial charge in [-0.05, 0) is 0 Å². The molecule has 0 bridgehead atoms. The standard InChI is InChI=1S/2H3O4P.Pb.Ti/c2*1-5(2,3)4;;/h2*(H3,1,2,3,4);;/q;;+2;+4/p-6. The van der Waals surface area contributed by atoms with Gasteiger partial charge in [-0.25, -0.2) is 0 Å². The van der Waals surface area contributed by atoms with Gasteiger partial charge in [0.1, 0.15) is 0 Å². The molecule has 0 amide bonds. The first kappa shape index (κ1) is 23.6. The Hall–Kier alpha value is 1.86. The van der Waals surface area contributed by atoms with E-state index < -0.39 is 15.6 Å². The molecule has 2 radical (unpaired) electrons. The van der Waals surface area contributed by atoms with Gasteiger partial charge in [-0.1, -0.05) is 0 Å². The largest absolute Gasteiger partial charge is 4.00 e. The predicted octanol–water partition coefficient (Wildman–Crippen LogP) is -6.03. The molecule has 12 heavy (non-hydrogen) atoms. The minimum Gasteiger partial charge on any atom is -0.822 e. The monoisotopic (exact) mass is 446 g/mol. The van der Waals surface area contributed by atoms with Crippen molar-refractivity contribution in [1.82, 2.24) is 0 Å². The summed E-state index contributed by atoms with van der Waals surface area (Å²) in [5, 5.41) is 0. The molecule has 0 aliphatic heterocycles. The summed E-state index contributed by atoms with van der Waals surface area (Å²) in [7, 11) is -10.8. The second-order valence-corrected chi connectivity index (χ2v) is 2.68. The van der Waals surface area contributed by atoms with E-state index in [4.69, 9.17) is 38.5 Å². The van der Waals surface area contributed by atoms with E-state index in [1.165, 1.54) is 0 Å². The predicted molar refractivity (Wildman–Crippen MR) is 21.0 cm³/mol. The van der Waals surface area contributed by atoms with E-state index in [2.05, 4.69) is 0 Å². The van der Waals surface area contributed by atoms with Gasteiger partial charge in [0.25, 0.3) is 0 Å². The average molecular weight is 445 g/mol. The Morgan fingerprint density at radius 2 is 0.667 bits per heavy atom. The molecular formula is O8P2PbTi. The summed E-state index contributed by atoms with van der Waals surface area (Å²) >= 11 is 0. The van der Waals surface area contributed by atoms with Crippen molar-refractivity contribution in [3.8, 4) is 0 Å². The SMILES string of the molecule is O=P([O-])([O-])[O-].O=P([O-])([O-])[O-].[Pb+2].[Ti+4]. The molecule has 0 aromatic carbocycles. The van der Waals surface area contributed by atoms with E-state index in [1.807, 2.05) is 0 Å². The second-order valence-electron chi connectivity index (χ2n) is 0.894. The van der Waals surface area contributed by atoms with Crippen molar-refractivity contribution in [1.29, 1.82) is 0 Å². The summed E-state index contributed by atoms with van der Waals surface area (Å²) in [4.78, 5) is 51.3. The number of hydrogen-bond acceptors (Lipinski definition) is 8. The zero-order chi connectivity index (χ0) is 9.00. The molecule has 0 atom stereocenters. The number of rotatable bonds is 0. The Balaban J connectivity index is -0.0000000457. The van der Waals surface area contributed by atoms with E-state index in [1.54, 1.807) is 0 Å². The average Bonchev–Trinajstić information content (AvgIpc) is 1.12. The minimum absolute atomic E-state index is 0. The summed E-state index contributed by atoms with van der Waals surface area (Å²) in [5.74, 6) is 0. The van der Waals surface area contributed by atoms with Gasteiger partial charge in [0.2, 0.25) is 0 Å². The molecule has 66 valence electrons. The van der Waals surface area contributed by atoms with Crippen LogP contribution in [0.4, 0.5) is 0 Å². The molecule has 0 N–H and O–H groups in total. The maximum Gasteiger partial charge on any atom is 4.00 e. The molecule has 0 spiro atoms. The maximum atomic E-state index is 8.55. The van der Waals surface area contributed by atoms with Crippen LogP contribution in [-0.2, 0) is 30.8 Å². The third kappa shape index (κ3) is 406. The molecule has 0 rings (SSSR count). The molecule has 12 heteroatoms. The van der Waals surface area contributed by atoms with Gasteiger partial charge in [-0.15, -0.1) is 0 Å². The fourth-order valence-corrected chi connectivity index (χ4v) is 0. The topological polar surface area (TPSA) is 172 Å². The Morgan fingerprint density at radius 1 is 0.667 bits per heavy atom. The van der Waals surface area contributed by atoms with Crippen molar-refractivity contribution >= 4 is 42.9 Å². The van der Waals surface area contributed by atoms with Crippen molar-refractivity contribution in [3.05, 3.63) is 0 Å². The van der Waals surface area contributed by atoms with Gasteiger partial charge >= 0.3 is 49.0 Å². The Bertz CT molecular complexity index is 129. The van der Waals surface area contributed by atoms with Gasteiger partial charge < -0.3 is 38.5 Å². The van der Waals surface area contributed by atoms with Gasteiger partial charge in [0, 0.05) is 0 Å². The van der Waals surface area contributed by atoms with Gasteiger partial charge in [-0.2, -0.15) is 15.6 Å². The number of hydrogen-bond donors (Lipinski definition) is 0. The molecule has 0 aliphatic rings. The Morgan fingerprint density at radius 3 is 0.667 bits per heavy atom. The Labute approximate surface area is 103 Å². The van der Waals surface area contributed by atoms with Crippen LogP contribution >= 0.6 is 15.6 Å². The third-order valence-electron chi connectivity index (χ3n) is 0. The number of phosphoric acid groups is 2. The van der Waals surface area contributed by atoms with E-state index >= 15 is 0 Å². The van der Waals surface area contributed by atoms with Crippen molar-refractivity contribution in [3.63, 3.8) is 0 Å². The maximum absolute atomic E-state index is 8.55. The van der Waals surface area contributed by atoms with Crippen molar-refractivity contribution in [2.24, 2.45) is 0 Å². The third-order valence-corrected chi connectivity index (χ3v) is 0. The van der Waals surface area contributed by atoms with Crippen LogP contribution < -0.4 is 29.4 Å². The molecule has 0 saturated carbocycles. The van der Waals surface area contributed by atoms with Gasteiger partial charge in [-0.3, -0.25) is 0 Å². The summed E-state index contributed by atoms with van der Waals surface area (Å²) in [6, 6.07) is 0. The van der Waals surface area contributed by atoms with Crippen LogP contribution in [0, 0.1) is 0 Å². The van der Waals surface area contributed by atoms with E-state index in [-0.39, 0.29) is 49.0 Å². The van der Waals surface area contributed by atoms with Crippen molar-refractivity contribution in [2.75, 3.05) is 0 Å². The van der Waals surface area contributed by atoms with E-state index in [9.17, 15) is 0 Å². The minimum atomic E-state index is -5.39. The van der Waals surface area contributed by atoms with Crippen LogP contribution in [0.1, 0.15) is 0 Å². The van der Waals surface area contributed by atoms with Crippen LogP contribution in [0.15, 0.2) is 0 Å². The molecule has 0 aromatic rings. The summed E-state index contributed by atoms with van der Waals surface area (Å²) in [6.07, 6.45) is 0.